The average molecular weight is 378 g/mol. The molecule has 0 aliphatic heterocycles. The van der Waals surface area contributed by atoms with Crippen molar-refractivity contribution >= 4 is 18.4 Å². The Kier molecular flexibility index (Phi) is 5.17. The molecule has 0 atom stereocenters. The molecule has 0 amide bonds. The molecule has 0 fully saturated rings. The highest BCUT2D eigenvalue weighted by Gasteiger charge is 2.37. The van der Waals surface area contributed by atoms with Crippen LogP contribution in [0.15, 0.2) is 59.7 Å². The van der Waals surface area contributed by atoms with Crippen molar-refractivity contribution in [3.63, 3.8) is 0 Å². The molecular weight excluding hydrogens is 365 g/mol. The Hall–Kier alpha value is -2.94. The molecule has 0 saturated carbocycles. The molecule has 26 heavy (non-hydrogen) atoms. The van der Waals surface area contributed by atoms with Crippen LogP contribution in [-0.4, -0.2) is 21.1 Å². The van der Waals surface area contributed by atoms with E-state index in [1.807, 2.05) is 42.5 Å². The van der Waals surface area contributed by atoms with Gasteiger partial charge >= 0.3 is 6.18 Å². The first-order chi connectivity index (χ1) is 12.4. The Bertz CT molecular complexity index is 964. The van der Waals surface area contributed by atoms with Crippen LogP contribution in [-0.2, 0) is 12.8 Å². The number of nitrogens with zero attached hydrogens (tertiary/aromatic N) is 3. The molecule has 9 heteroatoms. The summed E-state index contributed by atoms with van der Waals surface area (Å²) >= 11 is 4.81. The third kappa shape index (κ3) is 4.17. The Morgan fingerprint density at radius 3 is 2.54 bits per heavy atom. The van der Waals surface area contributed by atoms with E-state index in [2.05, 4.69) is 15.3 Å². The van der Waals surface area contributed by atoms with Gasteiger partial charge in [-0.05, 0) is 29.9 Å². The third-order valence-corrected chi connectivity index (χ3v) is 3.67. The topological polar surface area (TPSA) is 55.2 Å². The largest absolute Gasteiger partial charge is 0.489 e. The molecule has 5 nitrogen and oxygen atoms in total. The highest BCUT2D eigenvalue weighted by atomic mass is 32.1. The average Bonchev–Trinajstić information content (AvgIpc) is 3.01. The lowest BCUT2D eigenvalue weighted by Crippen LogP contribution is -2.13. The Balaban J connectivity index is 1.84. The SMILES string of the molecule is FC(F)(F)c1n[nH]c(=S)n1/N=C\c1ccccc1COc1ccccc1. The zero-order valence-electron chi connectivity index (χ0n) is 13.3. The number of halogens is 3. The summed E-state index contributed by atoms with van der Waals surface area (Å²) in [5, 5.41) is 9.11. The van der Waals surface area contributed by atoms with Gasteiger partial charge in [0, 0.05) is 5.56 Å². The number of alkyl halides is 3. The predicted octanol–water partition coefficient (Wildman–Crippen LogP) is 4.42. The molecule has 3 aromatic rings. The maximum atomic E-state index is 12.9. The number of aromatic amines is 1. The van der Waals surface area contributed by atoms with E-state index >= 15 is 0 Å². The summed E-state index contributed by atoms with van der Waals surface area (Å²) in [5.41, 5.74) is 1.38. The molecule has 1 aromatic heterocycles. The number of nitrogens with one attached hydrogen (secondary N) is 1. The molecule has 3 rings (SSSR count). The van der Waals surface area contributed by atoms with Gasteiger partial charge < -0.3 is 4.74 Å². The quantitative estimate of drug-likeness (QED) is 0.528. The minimum Gasteiger partial charge on any atom is -0.489 e. The number of rotatable bonds is 5. The van der Waals surface area contributed by atoms with Crippen LogP contribution in [0.4, 0.5) is 13.2 Å². The second-order valence-electron chi connectivity index (χ2n) is 5.21. The first-order valence-corrected chi connectivity index (χ1v) is 7.91. The number of hydrogen-bond acceptors (Lipinski definition) is 4. The van der Waals surface area contributed by atoms with Crippen LogP contribution < -0.4 is 4.74 Å². The van der Waals surface area contributed by atoms with Crippen LogP contribution in [0, 0.1) is 4.77 Å². The second-order valence-corrected chi connectivity index (χ2v) is 5.59. The molecule has 2 aromatic carbocycles. The first kappa shape index (κ1) is 17.9. The fourth-order valence-corrected chi connectivity index (χ4v) is 2.35. The third-order valence-electron chi connectivity index (χ3n) is 3.41. The summed E-state index contributed by atoms with van der Waals surface area (Å²) in [4.78, 5) is 0. The molecule has 0 unspecified atom stereocenters. The van der Waals surface area contributed by atoms with Gasteiger partial charge in [-0.1, -0.05) is 42.5 Å². The monoisotopic (exact) mass is 378 g/mol. The van der Waals surface area contributed by atoms with Crippen LogP contribution in [0.25, 0.3) is 0 Å². The second kappa shape index (κ2) is 7.52. The summed E-state index contributed by atoms with van der Waals surface area (Å²) in [6, 6.07) is 16.3. The zero-order valence-corrected chi connectivity index (χ0v) is 14.1. The molecule has 0 radical (unpaired) electrons. The molecule has 1 heterocycles. The van der Waals surface area contributed by atoms with Gasteiger partial charge in [0.1, 0.15) is 12.4 Å². The normalized spacial score (nSPS) is 11.8. The summed E-state index contributed by atoms with van der Waals surface area (Å²) in [6.45, 7) is 0.245. The van der Waals surface area contributed by atoms with Gasteiger partial charge in [0.25, 0.3) is 5.82 Å². The van der Waals surface area contributed by atoms with Crippen molar-refractivity contribution in [3.05, 3.63) is 76.3 Å². The summed E-state index contributed by atoms with van der Waals surface area (Å²) in [6.07, 6.45) is -3.37. The lowest BCUT2D eigenvalue weighted by Gasteiger charge is -2.09. The lowest BCUT2D eigenvalue weighted by atomic mass is 10.1. The molecule has 134 valence electrons. The summed E-state index contributed by atoms with van der Waals surface area (Å²) in [7, 11) is 0. The van der Waals surface area contributed by atoms with E-state index in [0.29, 0.717) is 16.0 Å². The van der Waals surface area contributed by atoms with Gasteiger partial charge in [-0.15, -0.1) is 5.10 Å². The Morgan fingerprint density at radius 2 is 1.81 bits per heavy atom. The van der Waals surface area contributed by atoms with Crippen molar-refractivity contribution in [2.75, 3.05) is 0 Å². The fourth-order valence-electron chi connectivity index (χ4n) is 2.17. The first-order valence-electron chi connectivity index (χ1n) is 7.50. The number of para-hydroxylation sites is 1. The number of H-pyrrole nitrogens is 1. The minimum atomic E-state index is -4.67. The molecule has 1 N–H and O–H groups in total. The minimum absolute atomic E-state index is 0.244. The maximum absolute atomic E-state index is 12.9. The predicted molar refractivity (Wildman–Crippen MR) is 92.6 cm³/mol. The van der Waals surface area contributed by atoms with E-state index in [0.717, 1.165) is 5.56 Å². The molecule has 0 spiro atoms. The van der Waals surface area contributed by atoms with Crippen molar-refractivity contribution in [1.82, 2.24) is 14.9 Å². The van der Waals surface area contributed by atoms with Gasteiger partial charge in [0.05, 0.1) is 6.21 Å². The van der Waals surface area contributed by atoms with Gasteiger partial charge in [0.2, 0.25) is 4.77 Å². The van der Waals surface area contributed by atoms with Gasteiger partial charge in [0.15, 0.2) is 0 Å². The number of ether oxygens (including phenoxy) is 1. The molecule has 0 bridgehead atoms. The van der Waals surface area contributed by atoms with Crippen molar-refractivity contribution < 1.29 is 17.9 Å². The highest BCUT2D eigenvalue weighted by Crippen LogP contribution is 2.27. The van der Waals surface area contributed by atoms with E-state index in [9.17, 15) is 13.2 Å². The van der Waals surface area contributed by atoms with E-state index in [1.165, 1.54) is 6.21 Å². The summed E-state index contributed by atoms with van der Waals surface area (Å²) in [5.74, 6) is -0.521. The van der Waals surface area contributed by atoms with Crippen LogP contribution >= 0.6 is 12.2 Å². The summed E-state index contributed by atoms with van der Waals surface area (Å²) < 4.78 is 44.8. The van der Waals surface area contributed by atoms with Gasteiger partial charge in [-0.2, -0.15) is 22.9 Å². The van der Waals surface area contributed by atoms with E-state index in [1.54, 1.807) is 12.1 Å². The molecule has 0 saturated heterocycles. The molecule has 0 aliphatic rings. The maximum Gasteiger partial charge on any atom is 0.453 e. The van der Waals surface area contributed by atoms with Crippen molar-refractivity contribution in [3.8, 4) is 5.75 Å². The van der Waals surface area contributed by atoms with Gasteiger partial charge in [-0.25, -0.2) is 5.10 Å². The Labute approximate surface area is 151 Å². The van der Waals surface area contributed by atoms with Crippen molar-refractivity contribution in [2.24, 2.45) is 5.10 Å². The van der Waals surface area contributed by atoms with Crippen molar-refractivity contribution in [2.45, 2.75) is 12.8 Å². The standard InChI is InChI=1S/C17H13F3N4OS/c18-17(19,20)15-22-23-16(26)24(15)21-10-12-6-4-5-7-13(12)11-25-14-8-2-1-3-9-14/h1-10H,11H2,(H,23,26)/b21-10-. The van der Waals surface area contributed by atoms with E-state index in [-0.39, 0.29) is 11.4 Å². The number of hydrogen-bond donors (Lipinski definition) is 1. The molecular formula is C17H13F3N4OS. The van der Waals surface area contributed by atoms with Crippen LogP contribution in [0.1, 0.15) is 17.0 Å². The smallest absolute Gasteiger partial charge is 0.453 e. The Morgan fingerprint density at radius 1 is 1.12 bits per heavy atom. The number of benzene rings is 2. The van der Waals surface area contributed by atoms with E-state index < -0.39 is 12.0 Å². The lowest BCUT2D eigenvalue weighted by molar-refractivity contribution is -0.147. The number of aromatic nitrogens is 3. The van der Waals surface area contributed by atoms with Crippen LogP contribution in [0.2, 0.25) is 0 Å². The van der Waals surface area contributed by atoms with Crippen LogP contribution in [0.3, 0.4) is 0 Å². The van der Waals surface area contributed by atoms with Gasteiger partial charge in [-0.3, -0.25) is 0 Å². The highest BCUT2D eigenvalue weighted by molar-refractivity contribution is 7.71. The van der Waals surface area contributed by atoms with E-state index in [4.69, 9.17) is 17.0 Å². The fraction of sp³-hybridized carbons (Fsp3) is 0.118. The zero-order chi connectivity index (χ0) is 18.6. The molecule has 0 aliphatic carbocycles. The van der Waals surface area contributed by atoms with Crippen molar-refractivity contribution in [1.29, 1.82) is 0 Å². The van der Waals surface area contributed by atoms with Crippen LogP contribution in [0.5, 0.6) is 5.75 Å².